The van der Waals surface area contributed by atoms with Gasteiger partial charge in [-0.05, 0) is 12.1 Å². The van der Waals surface area contributed by atoms with Crippen molar-refractivity contribution in [2.24, 2.45) is 0 Å². The largest absolute Gasteiger partial charge is 0.328 e. The summed E-state index contributed by atoms with van der Waals surface area (Å²) in [6, 6.07) is 8.22. The van der Waals surface area contributed by atoms with Crippen LogP contribution in [0.2, 0.25) is 0 Å². The molecule has 0 atom stereocenters. The topological polar surface area (TPSA) is 61.0 Å². The third-order valence-corrected chi connectivity index (χ3v) is 2.90. The van der Waals surface area contributed by atoms with Gasteiger partial charge in [-0.3, -0.25) is 14.7 Å². The van der Waals surface area contributed by atoms with Crippen LogP contribution >= 0.6 is 0 Å². The highest BCUT2D eigenvalue weighted by molar-refractivity contribution is 5.78. The van der Waals surface area contributed by atoms with E-state index >= 15 is 0 Å². The molecule has 0 saturated carbocycles. The zero-order chi connectivity index (χ0) is 14.3. The molecule has 5 nitrogen and oxygen atoms in total. The predicted octanol–water partition coefficient (Wildman–Crippen LogP) is 3.21. The SMILES string of the molecule is O=[N+]([O-])c1c(F)cc(F)cc1-n1cnc2ccccc21. The van der Waals surface area contributed by atoms with Gasteiger partial charge in [0.25, 0.3) is 0 Å². The lowest BCUT2D eigenvalue weighted by atomic mass is 10.2. The fraction of sp³-hybridized carbons (Fsp3) is 0. The lowest BCUT2D eigenvalue weighted by Gasteiger charge is -2.06. The Labute approximate surface area is 111 Å². The number of nitro benzene ring substituents is 1. The molecule has 0 spiro atoms. The average molecular weight is 275 g/mol. The van der Waals surface area contributed by atoms with Crippen LogP contribution in [0, 0.1) is 21.7 Å². The van der Waals surface area contributed by atoms with Crippen LogP contribution in [0.5, 0.6) is 0 Å². The number of hydrogen-bond donors (Lipinski definition) is 0. The summed E-state index contributed by atoms with van der Waals surface area (Å²) in [5, 5.41) is 11.0. The number of nitrogens with zero attached hydrogens (tertiary/aromatic N) is 3. The van der Waals surface area contributed by atoms with E-state index in [0.717, 1.165) is 6.07 Å². The van der Waals surface area contributed by atoms with Gasteiger partial charge in [0.2, 0.25) is 5.82 Å². The molecule has 0 aliphatic carbocycles. The maximum atomic E-state index is 13.6. The van der Waals surface area contributed by atoms with E-state index in [4.69, 9.17) is 0 Å². The number of fused-ring (bicyclic) bond motifs is 1. The Bertz CT molecular complexity index is 830. The maximum Gasteiger partial charge on any atom is 0.328 e. The van der Waals surface area contributed by atoms with Gasteiger partial charge in [0.15, 0.2) is 0 Å². The Morgan fingerprint density at radius 1 is 1.20 bits per heavy atom. The number of aromatic nitrogens is 2. The van der Waals surface area contributed by atoms with E-state index in [1.54, 1.807) is 24.3 Å². The standard InChI is InChI=1S/C13H7F2N3O2/c14-8-5-9(15)13(18(19)20)12(6-8)17-7-16-10-3-1-2-4-11(10)17/h1-7H. The summed E-state index contributed by atoms with van der Waals surface area (Å²) >= 11 is 0. The number of para-hydroxylation sites is 2. The monoisotopic (exact) mass is 275 g/mol. The highest BCUT2D eigenvalue weighted by atomic mass is 19.1. The van der Waals surface area contributed by atoms with E-state index in [2.05, 4.69) is 4.98 Å². The third-order valence-electron chi connectivity index (χ3n) is 2.90. The molecule has 1 heterocycles. The molecule has 7 heteroatoms. The summed E-state index contributed by atoms with van der Waals surface area (Å²) in [5.41, 5.74) is 0.128. The van der Waals surface area contributed by atoms with Crippen LogP contribution in [-0.4, -0.2) is 14.5 Å². The Balaban J connectivity index is 2.37. The van der Waals surface area contributed by atoms with E-state index in [-0.39, 0.29) is 5.69 Å². The molecule has 0 unspecified atom stereocenters. The normalized spacial score (nSPS) is 10.9. The van der Waals surface area contributed by atoms with Crippen LogP contribution in [0.15, 0.2) is 42.7 Å². The van der Waals surface area contributed by atoms with E-state index < -0.39 is 22.2 Å². The second kappa shape index (κ2) is 4.37. The van der Waals surface area contributed by atoms with Crippen molar-refractivity contribution in [1.82, 2.24) is 9.55 Å². The smallest absolute Gasteiger partial charge is 0.292 e. The molecule has 1 aromatic heterocycles. The highest BCUT2D eigenvalue weighted by Gasteiger charge is 2.24. The summed E-state index contributed by atoms with van der Waals surface area (Å²) in [7, 11) is 0. The minimum absolute atomic E-state index is 0.193. The Hall–Kier alpha value is -2.83. The first kappa shape index (κ1) is 12.2. The lowest BCUT2D eigenvalue weighted by Crippen LogP contribution is -2.03. The summed E-state index contributed by atoms with van der Waals surface area (Å²) in [6.07, 6.45) is 1.30. The molecule has 0 saturated heterocycles. The van der Waals surface area contributed by atoms with E-state index in [1.165, 1.54) is 10.9 Å². The number of nitro groups is 1. The number of hydrogen-bond acceptors (Lipinski definition) is 3. The molecule has 0 fully saturated rings. The van der Waals surface area contributed by atoms with Crippen LogP contribution in [-0.2, 0) is 0 Å². The molecule has 0 aliphatic heterocycles. The Kier molecular flexibility index (Phi) is 2.67. The van der Waals surface area contributed by atoms with Crippen molar-refractivity contribution in [1.29, 1.82) is 0 Å². The third kappa shape index (κ3) is 1.80. The van der Waals surface area contributed by atoms with Crippen LogP contribution in [0.4, 0.5) is 14.5 Å². The number of rotatable bonds is 2. The lowest BCUT2D eigenvalue weighted by molar-refractivity contribution is -0.387. The second-order valence-corrected chi connectivity index (χ2v) is 4.12. The first-order valence-electron chi connectivity index (χ1n) is 5.64. The molecule has 0 bridgehead atoms. The van der Waals surface area contributed by atoms with E-state index in [0.29, 0.717) is 17.1 Å². The molecular formula is C13H7F2N3O2. The summed E-state index contributed by atoms with van der Waals surface area (Å²) in [5.74, 6) is -2.11. The van der Waals surface area contributed by atoms with Gasteiger partial charge in [-0.1, -0.05) is 12.1 Å². The van der Waals surface area contributed by atoms with Gasteiger partial charge in [-0.15, -0.1) is 0 Å². The van der Waals surface area contributed by atoms with Crippen molar-refractivity contribution in [3.8, 4) is 5.69 Å². The zero-order valence-electron chi connectivity index (χ0n) is 9.96. The first-order chi connectivity index (χ1) is 9.58. The van der Waals surface area contributed by atoms with Crippen molar-refractivity contribution >= 4 is 16.7 Å². The summed E-state index contributed by atoms with van der Waals surface area (Å²) in [6.45, 7) is 0. The van der Waals surface area contributed by atoms with Gasteiger partial charge in [0.05, 0.1) is 16.0 Å². The Morgan fingerprint density at radius 2 is 1.95 bits per heavy atom. The molecular weight excluding hydrogens is 268 g/mol. The quantitative estimate of drug-likeness (QED) is 0.533. The number of imidazole rings is 1. The molecule has 20 heavy (non-hydrogen) atoms. The van der Waals surface area contributed by atoms with Crippen LogP contribution in [0.1, 0.15) is 0 Å². The van der Waals surface area contributed by atoms with Gasteiger partial charge in [0, 0.05) is 12.1 Å². The molecule has 0 N–H and O–H groups in total. The Morgan fingerprint density at radius 3 is 2.70 bits per heavy atom. The van der Waals surface area contributed by atoms with Gasteiger partial charge in [-0.25, -0.2) is 9.37 Å². The first-order valence-corrected chi connectivity index (χ1v) is 5.64. The van der Waals surface area contributed by atoms with Crippen molar-refractivity contribution in [3.63, 3.8) is 0 Å². The second-order valence-electron chi connectivity index (χ2n) is 4.12. The van der Waals surface area contributed by atoms with Crippen molar-refractivity contribution in [2.45, 2.75) is 0 Å². The van der Waals surface area contributed by atoms with Crippen LogP contribution in [0.3, 0.4) is 0 Å². The minimum Gasteiger partial charge on any atom is -0.292 e. The molecule has 3 aromatic rings. The average Bonchev–Trinajstić information content (AvgIpc) is 2.80. The molecule has 100 valence electrons. The summed E-state index contributed by atoms with van der Waals surface area (Å²) < 4.78 is 28.3. The van der Waals surface area contributed by atoms with Crippen LogP contribution in [0.25, 0.3) is 16.7 Å². The van der Waals surface area contributed by atoms with Crippen molar-refractivity contribution in [3.05, 3.63) is 64.5 Å². The van der Waals surface area contributed by atoms with Gasteiger partial charge >= 0.3 is 5.69 Å². The zero-order valence-corrected chi connectivity index (χ0v) is 9.96. The molecule has 0 radical (unpaired) electrons. The van der Waals surface area contributed by atoms with Gasteiger partial charge < -0.3 is 0 Å². The number of halogens is 2. The number of benzene rings is 2. The van der Waals surface area contributed by atoms with E-state index in [1.807, 2.05) is 0 Å². The fourth-order valence-corrected chi connectivity index (χ4v) is 2.07. The fourth-order valence-electron chi connectivity index (χ4n) is 2.07. The van der Waals surface area contributed by atoms with Crippen molar-refractivity contribution < 1.29 is 13.7 Å². The maximum absolute atomic E-state index is 13.6. The molecule has 0 aliphatic rings. The van der Waals surface area contributed by atoms with Crippen molar-refractivity contribution in [2.75, 3.05) is 0 Å². The minimum atomic E-state index is -1.22. The van der Waals surface area contributed by atoms with Gasteiger partial charge in [-0.2, -0.15) is 4.39 Å². The molecule has 3 rings (SSSR count). The van der Waals surface area contributed by atoms with Crippen LogP contribution < -0.4 is 0 Å². The molecule has 0 amide bonds. The van der Waals surface area contributed by atoms with Gasteiger partial charge in [0.1, 0.15) is 17.8 Å². The molecule has 2 aromatic carbocycles. The summed E-state index contributed by atoms with van der Waals surface area (Å²) in [4.78, 5) is 14.2. The highest BCUT2D eigenvalue weighted by Crippen LogP contribution is 2.29. The predicted molar refractivity (Wildman–Crippen MR) is 67.6 cm³/mol. The van der Waals surface area contributed by atoms with E-state index in [9.17, 15) is 18.9 Å².